The van der Waals surface area contributed by atoms with Crippen molar-refractivity contribution in [2.45, 2.75) is 45.3 Å². The molecule has 1 fully saturated rings. The average Bonchev–Trinajstić information content (AvgIpc) is 3.62. The molecule has 0 aliphatic heterocycles. The van der Waals surface area contributed by atoms with E-state index in [-0.39, 0.29) is 23.2 Å². The number of hydrogen-bond donors (Lipinski definition) is 0. The van der Waals surface area contributed by atoms with E-state index in [1.165, 1.54) is 22.7 Å². The maximum absolute atomic E-state index is 13.1. The lowest BCUT2D eigenvalue weighted by Crippen LogP contribution is -2.14. The molecule has 1 aliphatic carbocycles. The molecule has 13 heteroatoms. The zero-order valence-corrected chi connectivity index (χ0v) is 22.2. The molecule has 0 unspecified atom stereocenters. The van der Waals surface area contributed by atoms with E-state index >= 15 is 0 Å². The smallest absolute Gasteiger partial charge is 0.435 e. The highest BCUT2D eigenvalue weighted by Crippen LogP contribution is 2.42. The summed E-state index contributed by atoms with van der Waals surface area (Å²) < 4.78 is 47.4. The topological polar surface area (TPSA) is 99.5 Å². The third-order valence-electron chi connectivity index (χ3n) is 6.32. The van der Waals surface area contributed by atoms with Gasteiger partial charge in [-0.25, -0.2) is 24.6 Å². The van der Waals surface area contributed by atoms with Gasteiger partial charge in [-0.1, -0.05) is 23.5 Å². The van der Waals surface area contributed by atoms with Crippen LogP contribution in [0.4, 0.5) is 19.0 Å². The molecule has 1 saturated carbocycles. The van der Waals surface area contributed by atoms with E-state index in [4.69, 9.17) is 9.73 Å². The maximum atomic E-state index is 13.1. The number of ether oxygens (including phenoxy) is 1. The Labute approximate surface area is 225 Å². The minimum Gasteiger partial charge on any atom is -0.480 e. The van der Waals surface area contributed by atoms with Crippen molar-refractivity contribution in [3.8, 4) is 11.6 Å². The van der Waals surface area contributed by atoms with E-state index in [9.17, 15) is 18.0 Å². The normalized spacial score (nSPS) is 14.1. The molecule has 4 aromatic rings. The largest absolute Gasteiger partial charge is 0.480 e. The van der Waals surface area contributed by atoms with Gasteiger partial charge in [0.25, 0.3) is 0 Å². The second-order valence-corrected chi connectivity index (χ2v) is 10.3. The number of hydrogen-bond acceptors (Lipinski definition) is 7. The number of halogens is 3. The van der Waals surface area contributed by atoms with Gasteiger partial charge >= 0.3 is 11.0 Å². The summed E-state index contributed by atoms with van der Waals surface area (Å²) >= 11 is 1.06. The fraction of sp³-hybridized carbons (Fsp3) is 0.308. The molecule has 0 atom stereocenters. The number of benzene rings is 1. The van der Waals surface area contributed by atoms with E-state index < -0.39 is 11.9 Å². The first-order chi connectivity index (χ1) is 18.6. The van der Waals surface area contributed by atoms with Crippen molar-refractivity contribution in [1.29, 1.82) is 0 Å². The van der Waals surface area contributed by atoms with Crippen LogP contribution in [0.15, 0.2) is 51.4 Å². The molecule has 0 N–H and O–H groups in total. The van der Waals surface area contributed by atoms with E-state index in [1.807, 2.05) is 0 Å². The molecule has 1 aromatic carbocycles. The maximum Gasteiger partial charge on any atom is 0.435 e. The molecule has 0 radical (unpaired) electrons. The number of alkyl halides is 3. The van der Waals surface area contributed by atoms with Crippen LogP contribution in [-0.2, 0) is 12.7 Å². The molecular formula is C26H24F3N7O2S. The number of aromatic nitrogens is 5. The monoisotopic (exact) mass is 555 g/mol. The highest BCUT2D eigenvalue weighted by molar-refractivity contribution is 7.09. The number of nitrogens with zero attached hydrogens (tertiary/aromatic N) is 7. The number of methoxy groups -OCH3 is 1. The van der Waals surface area contributed by atoms with Gasteiger partial charge in [0.05, 0.1) is 25.0 Å². The van der Waals surface area contributed by atoms with Crippen LogP contribution >= 0.6 is 11.3 Å². The van der Waals surface area contributed by atoms with Crippen LogP contribution in [0, 0.1) is 13.8 Å². The van der Waals surface area contributed by atoms with Crippen LogP contribution in [0.1, 0.15) is 51.8 Å². The average molecular weight is 556 g/mol. The van der Waals surface area contributed by atoms with Crippen molar-refractivity contribution in [2.24, 2.45) is 9.98 Å². The van der Waals surface area contributed by atoms with E-state index in [0.717, 1.165) is 41.5 Å². The number of amidine groups is 1. The number of aliphatic imine (C=N–C) groups is 2. The molecule has 0 saturated heterocycles. The molecule has 0 bridgehead atoms. The first-order valence-corrected chi connectivity index (χ1v) is 12.8. The molecule has 0 spiro atoms. The van der Waals surface area contributed by atoms with Gasteiger partial charge in [-0.3, -0.25) is 9.36 Å². The van der Waals surface area contributed by atoms with Gasteiger partial charge in [0, 0.05) is 16.5 Å². The van der Waals surface area contributed by atoms with Crippen LogP contribution in [0.25, 0.3) is 5.69 Å². The quantitative estimate of drug-likeness (QED) is 0.230. The Kier molecular flexibility index (Phi) is 6.93. The lowest BCUT2D eigenvalue weighted by atomic mass is 10.1. The van der Waals surface area contributed by atoms with Crippen LogP contribution in [-0.4, -0.2) is 44.0 Å². The minimum atomic E-state index is -4.53. The Hall–Kier alpha value is -4.13. The molecule has 9 nitrogen and oxygen atoms in total. The van der Waals surface area contributed by atoms with Gasteiger partial charge in [0.15, 0.2) is 17.3 Å². The predicted octanol–water partition coefficient (Wildman–Crippen LogP) is 5.23. The Morgan fingerprint density at radius 1 is 1.21 bits per heavy atom. The molecule has 0 amide bonds. The molecule has 3 aromatic heterocycles. The van der Waals surface area contributed by atoms with E-state index in [1.54, 1.807) is 38.1 Å². The lowest BCUT2D eigenvalue weighted by molar-refractivity contribution is -0.141. The van der Waals surface area contributed by atoms with Crippen LogP contribution in [0.3, 0.4) is 0 Å². The Morgan fingerprint density at radius 3 is 2.51 bits per heavy atom. The van der Waals surface area contributed by atoms with Crippen molar-refractivity contribution in [1.82, 2.24) is 24.3 Å². The molecular weight excluding hydrogens is 531 g/mol. The summed E-state index contributed by atoms with van der Waals surface area (Å²) in [6.07, 6.45) is -1.10. The van der Waals surface area contributed by atoms with Crippen LogP contribution < -0.4 is 9.61 Å². The lowest BCUT2D eigenvalue weighted by Gasteiger charge is -2.12. The van der Waals surface area contributed by atoms with Gasteiger partial charge in [0.1, 0.15) is 11.9 Å². The minimum absolute atomic E-state index is 0.191. The summed E-state index contributed by atoms with van der Waals surface area (Å²) in [6, 6.07) is 7.80. The molecule has 3 heterocycles. The molecule has 39 heavy (non-hydrogen) atoms. The van der Waals surface area contributed by atoms with Gasteiger partial charge in [0.2, 0.25) is 5.88 Å². The number of rotatable bonds is 7. The number of thiazole rings is 1. The molecule has 5 rings (SSSR count). The fourth-order valence-electron chi connectivity index (χ4n) is 4.27. The first-order valence-electron chi connectivity index (χ1n) is 12.0. The van der Waals surface area contributed by atoms with E-state index in [2.05, 4.69) is 26.8 Å². The summed E-state index contributed by atoms with van der Waals surface area (Å²) in [4.78, 5) is 30.9. The Morgan fingerprint density at radius 2 is 1.92 bits per heavy atom. The Bertz CT molecular complexity index is 1630. The van der Waals surface area contributed by atoms with Crippen LogP contribution in [0.5, 0.6) is 5.88 Å². The fourth-order valence-corrected chi connectivity index (χ4v) is 5.04. The second-order valence-electron chi connectivity index (χ2n) is 9.09. The third-order valence-corrected chi connectivity index (χ3v) is 7.20. The SMILES string of the molecule is C=N/C(=N\c1c(C)sc(=O)n1Cc1ccc(-n2nc(C(F)(F)F)cc2C)cc1)c1c(OC)ncnc1C1CC1. The van der Waals surface area contributed by atoms with Gasteiger partial charge in [-0.15, -0.1) is 0 Å². The van der Waals surface area contributed by atoms with Crippen LogP contribution in [0.2, 0.25) is 0 Å². The van der Waals surface area contributed by atoms with Crippen molar-refractivity contribution in [2.75, 3.05) is 7.11 Å². The summed E-state index contributed by atoms with van der Waals surface area (Å²) in [5.41, 5.74) is 1.96. The molecule has 202 valence electrons. The highest BCUT2D eigenvalue weighted by Gasteiger charge is 2.34. The third kappa shape index (κ3) is 5.26. The summed E-state index contributed by atoms with van der Waals surface area (Å²) in [7, 11) is 1.51. The first kappa shape index (κ1) is 26.5. The van der Waals surface area contributed by atoms with Gasteiger partial charge in [-0.05, 0) is 57.2 Å². The summed E-state index contributed by atoms with van der Waals surface area (Å²) in [5.74, 6) is 1.27. The van der Waals surface area contributed by atoms with Crippen molar-refractivity contribution < 1.29 is 17.9 Å². The zero-order chi connectivity index (χ0) is 27.9. The van der Waals surface area contributed by atoms with Crippen molar-refractivity contribution >= 4 is 29.7 Å². The molecule has 1 aliphatic rings. The van der Waals surface area contributed by atoms with Crippen molar-refractivity contribution in [3.05, 3.63) is 79.4 Å². The Balaban J connectivity index is 1.49. The van der Waals surface area contributed by atoms with Gasteiger partial charge < -0.3 is 4.74 Å². The standard InChI is InChI=1S/C26H24F3N7O2S/c1-14-11-19(26(27,28)29)34-36(14)18-9-5-16(6-10-18)12-35-23(15(2)39-25(35)37)33-22(30-3)20-21(17-7-8-17)31-13-32-24(20)38-4/h5-6,9-11,13,17H,3,7-8,12H2,1-2,4H3/b33-22-. The second kappa shape index (κ2) is 10.2. The van der Waals surface area contributed by atoms with Crippen molar-refractivity contribution in [3.63, 3.8) is 0 Å². The highest BCUT2D eigenvalue weighted by atomic mass is 32.1. The predicted molar refractivity (Wildman–Crippen MR) is 142 cm³/mol. The summed E-state index contributed by atoms with van der Waals surface area (Å²) in [6.45, 7) is 7.23. The summed E-state index contributed by atoms with van der Waals surface area (Å²) in [5, 5.41) is 3.69. The van der Waals surface area contributed by atoms with E-state index in [0.29, 0.717) is 33.5 Å². The zero-order valence-electron chi connectivity index (χ0n) is 21.4. The number of aryl methyl sites for hydroxylation is 2. The van der Waals surface area contributed by atoms with Gasteiger partial charge in [-0.2, -0.15) is 18.3 Å².